The summed E-state index contributed by atoms with van der Waals surface area (Å²) in [5.74, 6) is -0.124. The van der Waals surface area contributed by atoms with Gasteiger partial charge in [0.2, 0.25) is 5.91 Å². The van der Waals surface area contributed by atoms with Gasteiger partial charge in [-0.05, 0) is 31.9 Å². The lowest BCUT2D eigenvalue weighted by Gasteiger charge is -2.12. The van der Waals surface area contributed by atoms with Crippen LogP contribution < -0.4 is 5.32 Å². The molecule has 6 nitrogen and oxygen atoms in total. The standard InChI is InChI=1S/C14H20N4O2S/c1-4-12-9(2)5-13(21-12)10(3)15-14(20)7-18-6-11(8-19)16-17-18/h5-6,10,19H,4,7-8H2,1-3H3,(H,15,20)/t10-/m0/s1. The molecular formula is C14H20N4O2S. The SMILES string of the molecule is CCc1sc([C@H](C)NC(=O)Cn2cc(CO)nn2)cc1C. The first-order chi connectivity index (χ1) is 10.0. The lowest BCUT2D eigenvalue weighted by Crippen LogP contribution is -2.29. The van der Waals surface area contributed by atoms with E-state index in [1.807, 2.05) is 6.92 Å². The number of aliphatic hydroxyl groups is 1. The molecule has 0 aliphatic rings. The van der Waals surface area contributed by atoms with Gasteiger partial charge in [-0.25, -0.2) is 4.68 Å². The smallest absolute Gasteiger partial charge is 0.242 e. The molecule has 0 aliphatic carbocycles. The number of rotatable bonds is 6. The van der Waals surface area contributed by atoms with E-state index in [0.29, 0.717) is 5.69 Å². The van der Waals surface area contributed by atoms with Crippen LogP contribution in [0, 0.1) is 6.92 Å². The summed E-state index contributed by atoms with van der Waals surface area (Å²) in [7, 11) is 0. The zero-order valence-electron chi connectivity index (χ0n) is 12.5. The molecule has 0 aromatic carbocycles. The third kappa shape index (κ3) is 3.89. The highest BCUT2D eigenvalue weighted by atomic mass is 32.1. The molecule has 0 aliphatic heterocycles. The van der Waals surface area contributed by atoms with Gasteiger partial charge in [0.1, 0.15) is 12.2 Å². The number of hydrogen-bond acceptors (Lipinski definition) is 5. The van der Waals surface area contributed by atoms with Crippen LogP contribution >= 0.6 is 11.3 Å². The summed E-state index contributed by atoms with van der Waals surface area (Å²) >= 11 is 1.74. The van der Waals surface area contributed by atoms with Crippen LogP contribution in [-0.2, 0) is 24.4 Å². The van der Waals surface area contributed by atoms with Gasteiger partial charge in [-0.3, -0.25) is 4.79 Å². The number of amides is 1. The zero-order chi connectivity index (χ0) is 15.4. The van der Waals surface area contributed by atoms with E-state index in [2.05, 4.69) is 35.5 Å². The van der Waals surface area contributed by atoms with E-state index >= 15 is 0 Å². The molecule has 2 rings (SSSR count). The summed E-state index contributed by atoms with van der Waals surface area (Å²) in [6.45, 7) is 6.13. The Morgan fingerprint density at radius 3 is 2.90 bits per heavy atom. The summed E-state index contributed by atoms with van der Waals surface area (Å²) in [6.07, 6.45) is 2.58. The number of thiophene rings is 1. The number of hydrogen-bond donors (Lipinski definition) is 2. The Balaban J connectivity index is 1.94. The van der Waals surface area contributed by atoms with E-state index in [1.54, 1.807) is 17.5 Å². The third-order valence-corrected chi connectivity index (χ3v) is 4.78. The van der Waals surface area contributed by atoms with Crippen LogP contribution in [0.3, 0.4) is 0 Å². The molecule has 0 saturated carbocycles. The fraction of sp³-hybridized carbons (Fsp3) is 0.500. The van der Waals surface area contributed by atoms with Crippen molar-refractivity contribution in [2.75, 3.05) is 0 Å². The van der Waals surface area contributed by atoms with E-state index in [-0.39, 0.29) is 25.1 Å². The monoisotopic (exact) mass is 308 g/mol. The van der Waals surface area contributed by atoms with Gasteiger partial charge in [-0.15, -0.1) is 16.4 Å². The second-order valence-electron chi connectivity index (χ2n) is 4.96. The molecule has 0 spiro atoms. The molecule has 7 heteroatoms. The van der Waals surface area contributed by atoms with Gasteiger partial charge in [-0.1, -0.05) is 12.1 Å². The Morgan fingerprint density at radius 1 is 1.57 bits per heavy atom. The maximum Gasteiger partial charge on any atom is 0.242 e. The van der Waals surface area contributed by atoms with Crippen molar-refractivity contribution in [3.63, 3.8) is 0 Å². The van der Waals surface area contributed by atoms with Gasteiger partial charge in [0, 0.05) is 9.75 Å². The minimum absolute atomic E-state index is 0.0256. The molecule has 1 atom stereocenters. The largest absolute Gasteiger partial charge is 0.390 e. The minimum Gasteiger partial charge on any atom is -0.390 e. The summed E-state index contributed by atoms with van der Waals surface area (Å²) < 4.78 is 1.42. The van der Waals surface area contributed by atoms with Crippen LogP contribution in [0.4, 0.5) is 0 Å². The molecule has 2 heterocycles. The van der Waals surface area contributed by atoms with Crippen molar-refractivity contribution in [1.82, 2.24) is 20.3 Å². The summed E-state index contributed by atoms with van der Waals surface area (Å²) in [6, 6.07) is 2.11. The second kappa shape index (κ2) is 6.82. The van der Waals surface area contributed by atoms with Gasteiger partial charge in [0.15, 0.2) is 0 Å². The van der Waals surface area contributed by atoms with E-state index in [4.69, 9.17) is 5.11 Å². The maximum absolute atomic E-state index is 12.0. The predicted octanol–water partition coefficient (Wildman–Crippen LogP) is 1.58. The minimum atomic E-state index is -0.174. The van der Waals surface area contributed by atoms with Crippen LogP contribution in [-0.4, -0.2) is 26.0 Å². The van der Waals surface area contributed by atoms with Crippen LogP contribution in [0.15, 0.2) is 12.3 Å². The normalized spacial score (nSPS) is 12.4. The first-order valence-electron chi connectivity index (χ1n) is 6.92. The molecule has 0 radical (unpaired) electrons. The van der Waals surface area contributed by atoms with Gasteiger partial charge in [-0.2, -0.15) is 0 Å². The number of carbonyl (C=O) groups is 1. The fourth-order valence-electron chi connectivity index (χ4n) is 2.10. The van der Waals surface area contributed by atoms with Crippen molar-refractivity contribution >= 4 is 17.2 Å². The molecule has 2 aromatic heterocycles. The lowest BCUT2D eigenvalue weighted by molar-refractivity contribution is -0.122. The highest BCUT2D eigenvalue weighted by Crippen LogP contribution is 2.27. The Labute approximate surface area is 127 Å². The molecule has 0 unspecified atom stereocenters. The van der Waals surface area contributed by atoms with Crippen molar-refractivity contribution in [2.45, 2.75) is 46.4 Å². The van der Waals surface area contributed by atoms with E-state index in [9.17, 15) is 4.79 Å². The van der Waals surface area contributed by atoms with Crippen molar-refractivity contribution in [1.29, 1.82) is 0 Å². The Hall–Kier alpha value is -1.73. The molecular weight excluding hydrogens is 288 g/mol. The van der Waals surface area contributed by atoms with Gasteiger partial charge >= 0.3 is 0 Å². The fourth-order valence-corrected chi connectivity index (χ4v) is 3.22. The Kier molecular flexibility index (Phi) is 5.08. The van der Waals surface area contributed by atoms with Crippen LogP contribution in [0.1, 0.15) is 40.9 Å². The average Bonchev–Trinajstić information content (AvgIpc) is 3.04. The van der Waals surface area contributed by atoms with Crippen LogP contribution in [0.2, 0.25) is 0 Å². The Morgan fingerprint density at radius 2 is 2.33 bits per heavy atom. The van der Waals surface area contributed by atoms with Crippen molar-refractivity contribution in [3.8, 4) is 0 Å². The molecule has 0 bridgehead atoms. The zero-order valence-corrected chi connectivity index (χ0v) is 13.3. The number of nitrogens with zero attached hydrogens (tertiary/aromatic N) is 3. The summed E-state index contributed by atoms with van der Waals surface area (Å²) in [5, 5.41) is 19.4. The van der Waals surface area contributed by atoms with Crippen molar-refractivity contribution < 1.29 is 9.90 Å². The van der Waals surface area contributed by atoms with E-state index in [1.165, 1.54) is 15.1 Å². The van der Waals surface area contributed by atoms with Gasteiger partial charge in [0.05, 0.1) is 18.8 Å². The van der Waals surface area contributed by atoms with Crippen LogP contribution in [0.25, 0.3) is 0 Å². The van der Waals surface area contributed by atoms with Crippen molar-refractivity contribution in [3.05, 3.63) is 33.3 Å². The number of aliphatic hydroxyl groups excluding tert-OH is 1. The molecule has 114 valence electrons. The topological polar surface area (TPSA) is 80.0 Å². The van der Waals surface area contributed by atoms with Gasteiger partial charge < -0.3 is 10.4 Å². The lowest BCUT2D eigenvalue weighted by atomic mass is 10.2. The number of carbonyl (C=O) groups excluding carboxylic acids is 1. The van der Waals surface area contributed by atoms with Gasteiger partial charge in [0.25, 0.3) is 0 Å². The Bertz CT molecular complexity index is 620. The number of aryl methyl sites for hydroxylation is 2. The summed E-state index contributed by atoms with van der Waals surface area (Å²) in [4.78, 5) is 14.5. The van der Waals surface area contributed by atoms with E-state index in [0.717, 1.165) is 11.3 Å². The highest BCUT2D eigenvalue weighted by Gasteiger charge is 2.14. The molecule has 2 aromatic rings. The highest BCUT2D eigenvalue weighted by molar-refractivity contribution is 7.12. The molecule has 0 fully saturated rings. The van der Waals surface area contributed by atoms with E-state index < -0.39 is 0 Å². The first kappa shape index (κ1) is 15.7. The number of nitrogens with one attached hydrogen (secondary N) is 1. The third-order valence-electron chi connectivity index (χ3n) is 3.22. The van der Waals surface area contributed by atoms with Crippen LogP contribution in [0.5, 0.6) is 0 Å². The predicted molar refractivity (Wildman–Crippen MR) is 80.9 cm³/mol. The molecule has 0 saturated heterocycles. The second-order valence-corrected chi connectivity index (χ2v) is 6.13. The quantitative estimate of drug-likeness (QED) is 0.849. The molecule has 1 amide bonds. The number of aromatic nitrogens is 3. The first-order valence-corrected chi connectivity index (χ1v) is 7.73. The molecule has 2 N–H and O–H groups in total. The summed E-state index contributed by atoms with van der Waals surface area (Å²) in [5.41, 5.74) is 1.74. The average molecular weight is 308 g/mol. The molecule has 21 heavy (non-hydrogen) atoms. The van der Waals surface area contributed by atoms with Crippen molar-refractivity contribution in [2.24, 2.45) is 0 Å². The maximum atomic E-state index is 12.0.